The molecule has 98 valence electrons. The van der Waals surface area contributed by atoms with Crippen LogP contribution in [0, 0.1) is 5.92 Å². The number of nitrogens with one attached hydrogen (secondary N) is 2. The second kappa shape index (κ2) is 6.52. The van der Waals surface area contributed by atoms with E-state index in [1.807, 2.05) is 30.3 Å². The first kappa shape index (κ1) is 13.1. The van der Waals surface area contributed by atoms with Crippen molar-refractivity contribution in [1.29, 1.82) is 0 Å². The molecule has 2 unspecified atom stereocenters. The van der Waals surface area contributed by atoms with Crippen molar-refractivity contribution in [2.75, 3.05) is 25.1 Å². The first-order chi connectivity index (χ1) is 8.81. The third-order valence-corrected chi connectivity index (χ3v) is 3.12. The molecule has 0 radical (unpaired) electrons. The maximum Gasteiger partial charge on any atom is 0.231 e. The van der Waals surface area contributed by atoms with Gasteiger partial charge in [-0.15, -0.1) is 0 Å². The monoisotopic (exact) mass is 248 g/mol. The summed E-state index contributed by atoms with van der Waals surface area (Å²) in [6, 6.07) is 9.67. The SMILES string of the molecule is CCCNC1COCC1C(=O)Nc1ccccc1. The first-order valence-electron chi connectivity index (χ1n) is 6.48. The van der Waals surface area contributed by atoms with E-state index in [-0.39, 0.29) is 17.9 Å². The van der Waals surface area contributed by atoms with Crippen LogP contribution in [0.2, 0.25) is 0 Å². The van der Waals surface area contributed by atoms with Crippen LogP contribution in [-0.2, 0) is 9.53 Å². The van der Waals surface area contributed by atoms with Crippen LogP contribution in [0.5, 0.6) is 0 Å². The molecule has 1 aromatic rings. The van der Waals surface area contributed by atoms with Crippen LogP contribution in [0.4, 0.5) is 5.69 Å². The normalized spacial score (nSPS) is 22.9. The van der Waals surface area contributed by atoms with E-state index in [0.717, 1.165) is 18.7 Å². The Labute approximate surface area is 108 Å². The average molecular weight is 248 g/mol. The second-order valence-electron chi connectivity index (χ2n) is 4.56. The standard InChI is InChI=1S/C14H20N2O2/c1-2-8-15-13-10-18-9-12(13)14(17)16-11-6-4-3-5-7-11/h3-7,12-13,15H,2,8-10H2,1H3,(H,16,17). The Hall–Kier alpha value is -1.39. The Morgan fingerprint density at radius 1 is 1.33 bits per heavy atom. The highest BCUT2D eigenvalue weighted by molar-refractivity contribution is 5.93. The van der Waals surface area contributed by atoms with Crippen LogP contribution in [0.1, 0.15) is 13.3 Å². The fraction of sp³-hybridized carbons (Fsp3) is 0.500. The summed E-state index contributed by atoms with van der Waals surface area (Å²) >= 11 is 0. The molecule has 1 fully saturated rings. The molecule has 1 amide bonds. The highest BCUT2D eigenvalue weighted by Gasteiger charge is 2.33. The molecule has 1 aromatic carbocycles. The minimum atomic E-state index is -0.100. The van der Waals surface area contributed by atoms with Gasteiger partial charge in [0.05, 0.1) is 19.1 Å². The van der Waals surface area contributed by atoms with Crippen molar-refractivity contribution >= 4 is 11.6 Å². The van der Waals surface area contributed by atoms with Gasteiger partial charge in [-0.1, -0.05) is 25.1 Å². The second-order valence-corrected chi connectivity index (χ2v) is 4.56. The van der Waals surface area contributed by atoms with Crippen LogP contribution in [0.25, 0.3) is 0 Å². The van der Waals surface area contributed by atoms with Gasteiger partial charge in [-0.2, -0.15) is 0 Å². The van der Waals surface area contributed by atoms with Crippen LogP contribution in [0.3, 0.4) is 0 Å². The summed E-state index contributed by atoms with van der Waals surface area (Å²) in [5.74, 6) is -0.0657. The molecule has 0 saturated carbocycles. The van der Waals surface area contributed by atoms with E-state index in [1.54, 1.807) is 0 Å². The van der Waals surface area contributed by atoms with E-state index in [9.17, 15) is 4.79 Å². The Morgan fingerprint density at radius 3 is 2.83 bits per heavy atom. The molecule has 2 N–H and O–H groups in total. The molecule has 0 aliphatic carbocycles. The van der Waals surface area contributed by atoms with E-state index in [4.69, 9.17) is 4.74 Å². The molecule has 2 rings (SSSR count). The van der Waals surface area contributed by atoms with Gasteiger partial charge in [0.1, 0.15) is 0 Å². The number of rotatable bonds is 5. The van der Waals surface area contributed by atoms with E-state index in [0.29, 0.717) is 13.2 Å². The number of carbonyl (C=O) groups is 1. The minimum absolute atomic E-state index is 0.0345. The predicted octanol–water partition coefficient (Wildman–Crippen LogP) is 1.64. The zero-order valence-electron chi connectivity index (χ0n) is 10.7. The predicted molar refractivity (Wildman–Crippen MR) is 71.5 cm³/mol. The number of amides is 1. The Balaban J connectivity index is 1.91. The number of hydrogen-bond donors (Lipinski definition) is 2. The number of carbonyl (C=O) groups excluding carboxylic acids is 1. The lowest BCUT2D eigenvalue weighted by molar-refractivity contribution is -0.120. The van der Waals surface area contributed by atoms with Gasteiger partial charge < -0.3 is 15.4 Å². The van der Waals surface area contributed by atoms with Gasteiger partial charge in [-0.05, 0) is 25.1 Å². The third-order valence-electron chi connectivity index (χ3n) is 3.12. The molecule has 0 spiro atoms. The van der Waals surface area contributed by atoms with Crippen LogP contribution < -0.4 is 10.6 Å². The van der Waals surface area contributed by atoms with Gasteiger partial charge in [0.25, 0.3) is 0 Å². The molecule has 1 heterocycles. The Kier molecular flexibility index (Phi) is 4.73. The van der Waals surface area contributed by atoms with Crippen LogP contribution in [-0.4, -0.2) is 31.7 Å². The van der Waals surface area contributed by atoms with Gasteiger partial charge in [-0.25, -0.2) is 0 Å². The van der Waals surface area contributed by atoms with E-state index < -0.39 is 0 Å². The van der Waals surface area contributed by atoms with Gasteiger partial charge in [0.2, 0.25) is 5.91 Å². The van der Waals surface area contributed by atoms with Gasteiger partial charge in [0.15, 0.2) is 0 Å². The Morgan fingerprint density at radius 2 is 2.11 bits per heavy atom. The lowest BCUT2D eigenvalue weighted by atomic mass is 10.0. The first-order valence-corrected chi connectivity index (χ1v) is 6.48. The quantitative estimate of drug-likeness (QED) is 0.833. The lowest BCUT2D eigenvalue weighted by Gasteiger charge is -2.18. The van der Waals surface area contributed by atoms with Crippen molar-refractivity contribution in [3.8, 4) is 0 Å². The molecular formula is C14H20N2O2. The molecule has 4 heteroatoms. The highest BCUT2D eigenvalue weighted by atomic mass is 16.5. The molecule has 18 heavy (non-hydrogen) atoms. The molecule has 1 saturated heterocycles. The number of ether oxygens (including phenoxy) is 1. The number of hydrogen-bond acceptors (Lipinski definition) is 3. The minimum Gasteiger partial charge on any atom is -0.379 e. The summed E-state index contributed by atoms with van der Waals surface area (Å²) in [4.78, 5) is 12.2. The molecule has 1 aliphatic rings. The molecule has 0 bridgehead atoms. The lowest BCUT2D eigenvalue weighted by Crippen LogP contribution is -2.41. The smallest absolute Gasteiger partial charge is 0.231 e. The van der Waals surface area contributed by atoms with Gasteiger partial charge in [0, 0.05) is 11.7 Å². The molecule has 0 aromatic heterocycles. The summed E-state index contributed by atoms with van der Waals surface area (Å²) in [5.41, 5.74) is 0.837. The van der Waals surface area contributed by atoms with Crippen LogP contribution in [0.15, 0.2) is 30.3 Å². The third kappa shape index (κ3) is 3.31. The number of para-hydroxylation sites is 1. The maximum atomic E-state index is 12.2. The zero-order valence-corrected chi connectivity index (χ0v) is 10.7. The van der Waals surface area contributed by atoms with E-state index in [1.165, 1.54) is 0 Å². The fourth-order valence-corrected chi connectivity index (χ4v) is 2.10. The average Bonchev–Trinajstić information content (AvgIpc) is 2.86. The Bertz CT molecular complexity index is 381. The summed E-state index contributed by atoms with van der Waals surface area (Å²) in [6.45, 7) is 4.15. The largest absolute Gasteiger partial charge is 0.379 e. The number of anilines is 1. The van der Waals surface area contributed by atoms with Crippen molar-refractivity contribution < 1.29 is 9.53 Å². The van der Waals surface area contributed by atoms with Gasteiger partial charge >= 0.3 is 0 Å². The molecule has 1 aliphatic heterocycles. The van der Waals surface area contributed by atoms with Crippen molar-refractivity contribution in [1.82, 2.24) is 5.32 Å². The van der Waals surface area contributed by atoms with E-state index in [2.05, 4.69) is 17.6 Å². The maximum absolute atomic E-state index is 12.2. The summed E-state index contributed by atoms with van der Waals surface area (Å²) in [7, 11) is 0. The van der Waals surface area contributed by atoms with Crippen molar-refractivity contribution in [3.05, 3.63) is 30.3 Å². The van der Waals surface area contributed by atoms with Crippen LogP contribution >= 0.6 is 0 Å². The fourth-order valence-electron chi connectivity index (χ4n) is 2.10. The van der Waals surface area contributed by atoms with Crippen molar-refractivity contribution in [3.63, 3.8) is 0 Å². The zero-order chi connectivity index (χ0) is 12.8. The van der Waals surface area contributed by atoms with Crippen molar-refractivity contribution in [2.45, 2.75) is 19.4 Å². The molecule has 2 atom stereocenters. The highest BCUT2D eigenvalue weighted by Crippen LogP contribution is 2.16. The molecule has 4 nitrogen and oxygen atoms in total. The molecular weight excluding hydrogens is 228 g/mol. The number of benzene rings is 1. The summed E-state index contributed by atoms with van der Waals surface area (Å²) < 4.78 is 5.40. The summed E-state index contributed by atoms with van der Waals surface area (Å²) in [6.07, 6.45) is 1.06. The summed E-state index contributed by atoms with van der Waals surface area (Å²) in [5, 5.41) is 6.29. The topological polar surface area (TPSA) is 50.4 Å². The van der Waals surface area contributed by atoms with Crippen molar-refractivity contribution in [2.24, 2.45) is 5.92 Å². The van der Waals surface area contributed by atoms with E-state index >= 15 is 0 Å². The van der Waals surface area contributed by atoms with Gasteiger partial charge in [-0.3, -0.25) is 4.79 Å².